The van der Waals surface area contributed by atoms with Crippen LogP contribution >= 0.6 is 0 Å². The van der Waals surface area contributed by atoms with Gasteiger partial charge in [-0.2, -0.15) is 0 Å². The van der Waals surface area contributed by atoms with Crippen LogP contribution in [-0.2, 0) is 10.0 Å². The Hall–Kier alpha value is -1.34. The largest absolute Gasteiger partial charge is 0.477 e. The number of hydrogen-bond acceptors (Lipinski definition) is 3. The minimum absolute atomic E-state index is 0.0494. The fourth-order valence-corrected chi connectivity index (χ4v) is 3.37. The van der Waals surface area contributed by atoms with E-state index in [0.717, 1.165) is 19.3 Å². The predicted molar refractivity (Wildman–Crippen MR) is 78.9 cm³/mol. The van der Waals surface area contributed by atoms with Gasteiger partial charge in [0.15, 0.2) is 0 Å². The van der Waals surface area contributed by atoms with Crippen LogP contribution in [-0.4, -0.2) is 42.0 Å². The smallest absolute Gasteiger partial charge is 0.352 e. The summed E-state index contributed by atoms with van der Waals surface area (Å²) < 4.78 is 27.9. The lowest BCUT2D eigenvalue weighted by molar-refractivity contribution is 0.0685. The second-order valence-electron chi connectivity index (χ2n) is 6.01. The maximum absolute atomic E-state index is 12.5. The average molecular weight is 314 g/mol. The average Bonchev–Trinajstić information content (AvgIpc) is 3.13. The van der Waals surface area contributed by atoms with E-state index in [-0.39, 0.29) is 16.6 Å². The molecule has 1 aromatic heterocycles. The van der Waals surface area contributed by atoms with Gasteiger partial charge in [0.05, 0.1) is 0 Å². The number of carbonyl (C=O) groups is 1. The first-order valence-corrected chi connectivity index (χ1v) is 8.59. The van der Waals surface area contributed by atoms with Crippen molar-refractivity contribution in [2.24, 2.45) is 5.92 Å². The molecule has 1 fully saturated rings. The zero-order valence-corrected chi connectivity index (χ0v) is 13.4. The molecule has 21 heavy (non-hydrogen) atoms. The summed E-state index contributed by atoms with van der Waals surface area (Å²) in [6.45, 7) is 4.50. The van der Waals surface area contributed by atoms with Gasteiger partial charge in [-0.15, -0.1) is 0 Å². The summed E-state index contributed by atoms with van der Waals surface area (Å²) in [6, 6.07) is 1.39. The van der Waals surface area contributed by atoms with Crippen LogP contribution in [0.15, 0.2) is 17.2 Å². The first-order valence-electron chi connectivity index (χ1n) is 7.15. The molecule has 0 aliphatic heterocycles. The summed E-state index contributed by atoms with van der Waals surface area (Å²) in [6.07, 6.45) is 4.03. The van der Waals surface area contributed by atoms with Crippen molar-refractivity contribution in [2.75, 3.05) is 13.6 Å². The van der Waals surface area contributed by atoms with Crippen molar-refractivity contribution in [1.82, 2.24) is 8.87 Å². The third kappa shape index (κ3) is 3.47. The number of carboxylic acid groups (broad SMARTS) is 1. The van der Waals surface area contributed by atoms with E-state index in [0.29, 0.717) is 12.5 Å². The first kappa shape index (κ1) is 16.0. The first-order chi connectivity index (χ1) is 9.73. The lowest BCUT2D eigenvalue weighted by atomic mass is 10.1. The van der Waals surface area contributed by atoms with Gasteiger partial charge in [-0.05, 0) is 31.2 Å². The molecule has 7 heteroatoms. The highest BCUT2D eigenvalue weighted by Crippen LogP contribution is 2.37. The molecule has 1 saturated carbocycles. The van der Waals surface area contributed by atoms with Crippen LogP contribution in [0.5, 0.6) is 0 Å². The molecule has 118 valence electrons. The predicted octanol–water partition coefficient (Wildman–Crippen LogP) is 2.19. The van der Waals surface area contributed by atoms with E-state index >= 15 is 0 Å². The third-order valence-electron chi connectivity index (χ3n) is 3.71. The lowest BCUT2D eigenvalue weighted by Crippen LogP contribution is -2.28. The molecule has 6 nitrogen and oxygen atoms in total. The molecular formula is C14H22N2O4S. The zero-order chi connectivity index (χ0) is 15.8. The molecular weight excluding hydrogens is 292 g/mol. The minimum atomic E-state index is -3.63. The Balaban J connectivity index is 2.27. The van der Waals surface area contributed by atoms with Crippen molar-refractivity contribution < 1.29 is 18.3 Å². The van der Waals surface area contributed by atoms with Gasteiger partial charge < -0.3 is 9.67 Å². The molecule has 1 aliphatic rings. The number of rotatable bonds is 7. The van der Waals surface area contributed by atoms with E-state index in [2.05, 4.69) is 0 Å². The van der Waals surface area contributed by atoms with Gasteiger partial charge in [-0.25, -0.2) is 17.5 Å². The second kappa shape index (κ2) is 5.81. The fourth-order valence-electron chi connectivity index (χ4n) is 2.16. The van der Waals surface area contributed by atoms with Crippen LogP contribution in [0.4, 0.5) is 0 Å². The summed E-state index contributed by atoms with van der Waals surface area (Å²) in [5.74, 6) is -0.679. The Bertz CT molecular complexity index is 629. The van der Waals surface area contributed by atoms with Gasteiger partial charge in [0.25, 0.3) is 0 Å². The monoisotopic (exact) mass is 314 g/mol. The number of carboxylic acids is 1. The van der Waals surface area contributed by atoms with Crippen molar-refractivity contribution >= 4 is 16.0 Å². The quantitative estimate of drug-likeness (QED) is 0.836. The zero-order valence-electron chi connectivity index (χ0n) is 12.6. The summed E-state index contributed by atoms with van der Waals surface area (Å²) >= 11 is 0. The van der Waals surface area contributed by atoms with E-state index in [9.17, 15) is 18.3 Å². The van der Waals surface area contributed by atoms with E-state index in [1.807, 2.05) is 13.8 Å². The molecule has 0 spiro atoms. The Morgan fingerprint density at radius 1 is 1.48 bits per heavy atom. The van der Waals surface area contributed by atoms with Crippen LogP contribution in [0.2, 0.25) is 0 Å². The summed E-state index contributed by atoms with van der Waals surface area (Å²) in [4.78, 5) is 11.3. The third-order valence-corrected chi connectivity index (χ3v) is 5.53. The summed E-state index contributed by atoms with van der Waals surface area (Å²) in [5, 5.41) is 9.21. The Morgan fingerprint density at radius 3 is 2.57 bits per heavy atom. The van der Waals surface area contributed by atoms with Crippen LogP contribution in [0.3, 0.4) is 0 Å². The molecule has 1 aromatic rings. The number of sulfonamides is 1. The molecule has 0 radical (unpaired) electrons. The highest BCUT2D eigenvalue weighted by atomic mass is 32.2. The van der Waals surface area contributed by atoms with Gasteiger partial charge in [-0.3, -0.25) is 0 Å². The van der Waals surface area contributed by atoms with Gasteiger partial charge in [-0.1, -0.05) is 13.8 Å². The van der Waals surface area contributed by atoms with Crippen molar-refractivity contribution in [2.45, 2.75) is 44.0 Å². The van der Waals surface area contributed by atoms with Crippen molar-refractivity contribution in [3.63, 3.8) is 0 Å². The van der Waals surface area contributed by atoms with E-state index in [1.54, 1.807) is 4.57 Å². The highest BCUT2D eigenvalue weighted by molar-refractivity contribution is 7.89. The number of aromatic carboxylic acids is 1. The van der Waals surface area contributed by atoms with Crippen molar-refractivity contribution in [3.8, 4) is 0 Å². The molecule has 2 rings (SSSR count). The molecule has 0 unspecified atom stereocenters. The number of aromatic nitrogens is 1. The van der Waals surface area contributed by atoms with Gasteiger partial charge >= 0.3 is 5.97 Å². The SMILES string of the molecule is CC(C)CCN(C)S(=O)(=O)c1cc(C(=O)O)n(C2CC2)c1. The molecule has 0 bridgehead atoms. The Labute approximate surface area is 125 Å². The van der Waals surface area contributed by atoms with Crippen molar-refractivity contribution in [1.29, 1.82) is 0 Å². The lowest BCUT2D eigenvalue weighted by Gasteiger charge is -2.17. The normalized spacial score (nSPS) is 15.9. The van der Waals surface area contributed by atoms with Gasteiger partial charge in [0.2, 0.25) is 10.0 Å². The van der Waals surface area contributed by atoms with Gasteiger partial charge in [0.1, 0.15) is 10.6 Å². The topological polar surface area (TPSA) is 79.6 Å². The summed E-state index contributed by atoms with van der Waals surface area (Å²) in [7, 11) is -2.09. The maximum Gasteiger partial charge on any atom is 0.352 e. The van der Waals surface area contributed by atoms with Gasteiger partial charge in [0, 0.05) is 25.8 Å². The molecule has 0 saturated heterocycles. The summed E-state index contributed by atoms with van der Waals surface area (Å²) in [5.41, 5.74) is 0.0494. The van der Waals surface area contributed by atoms with Crippen LogP contribution in [0, 0.1) is 5.92 Å². The van der Waals surface area contributed by atoms with Crippen LogP contribution in [0.1, 0.15) is 49.6 Å². The molecule has 1 aliphatic carbocycles. The minimum Gasteiger partial charge on any atom is -0.477 e. The standard InChI is InChI=1S/C14H22N2O4S/c1-10(2)6-7-15(3)21(19,20)12-8-13(14(17)18)16(9-12)11-4-5-11/h8-11H,4-7H2,1-3H3,(H,17,18). The molecule has 1 heterocycles. The van der Waals surface area contributed by atoms with Crippen LogP contribution in [0.25, 0.3) is 0 Å². The van der Waals surface area contributed by atoms with E-state index < -0.39 is 16.0 Å². The fraction of sp³-hybridized carbons (Fsp3) is 0.643. The second-order valence-corrected chi connectivity index (χ2v) is 8.06. The van der Waals surface area contributed by atoms with Crippen molar-refractivity contribution in [3.05, 3.63) is 18.0 Å². The molecule has 0 atom stereocenters. The number of hydrogen-bond donors (Lipinski definition) is 1. The number of nitrogens with zero attached hydrogens (tertiary/aromatic N) is 2. The molecule has 1 N–H and O–H groups in total. The Kier molecular flexibility index (Phi) is 4.43. The molecule has 0 amide bonds. The Morgan fingerprint density at radius 2 is 2.10 bits per heavy atom. The van der Waals surface area contributed by atoms with E-state index in [1.165, 1.54) is 23.6 Å². The van der Waals surface area contributed by atoms with Crippen LogP contribution < -0.4 is 0 Å². The maximum atomic E-state index is 12.5. The van der Waals surface area contributed by atoms with E-state index in [4.69, 9.17) is 0 Å². The molecule has 0 aromatic carbocycles. The highest BCUT2D eigenvalue weighted by Gasteiger charge is 2.31.